The second-order valence-electron chi connectivity index (χ2n) is 4.84. The van der Waals surface area contributed by atoms with Gasteiger partial charge in [-0.1, -0.05) is 0 Å². The highest BCUT2D eigenvalue weighted by molar-refractivity contribution is 7.99. The number of hydrogen-bond acceptors (Lipinski definition) is 6. The lowest BCUT2D eigenvalue weighted by atomic mass is 10.3. The Kier molecular flexibility index (Phi) is 5.23. The summed E-state index contributed by atoms with van der Waals surface area (Å²) in [7, 11) is 1.41. The van der Waals surface area contributed by atoms with Crippen LogP contribution in [0.5, 0.6) is 0 Å². The first-order valence-corrected chi connectivity index (χ1v) is 7.96. The SMILES string of the molecule is CCNc1nc(C2CC2)nc(SCCC(=O)OC)c1C. The molecule has 0 spiro atoms. The Morgan fingerprint density at radius 3 is 2.80 bits per heavy atom. The molecular weight excluding hydrogens is 274 g/mol. The van der Waals surface area contributed by atoms with Crippen molar-refractivity contribution in [3.8, 4) is 0 Å². The maximum atomic E-state index is 11.2. The molecule has 1 aromatic heterocycles. The van der Waals surface area contributed by atoms with Crippen LogP contribution >= 0.6 is 11.8 Å². The average molecular weight is 295 g/mol. The van der Waals surface area contributed by atoms with Crippen molar-refractivity contribution in [1.82, 2.24) is 9.97 Å². The Bertz CT molecular complexity index is 490. The summed E-state index contributed by atoms with van der Waals surface area (Å²) in [5, 5.41) is 4.27. The van der Waals surface area contributed by atoms with Crippen molar-refractivity contribution in [1.29, 1.82) is 0 Å². The van der Waals surface area contributed by atoms with Crippen LogP contribution in [0.4, 0.5) is 5.82 Å². The third kappa shape index (κ3) is 3.85. The lowest BCUT2D eigenvalue weighted by Gasteiger charge is -2.12. The standard InChI is InChI=1S/C14H21N3O2S/c1-4-15-12-9(2)14(20-8-7-11(18)19-3)17-13(16-12)10-5-6-10/h10H,4-8H2,1-3H3,(H,15,16,17). The molecule has 0 unspecified atom stereocenters. The van der Waals surface area contributed by atoms with E-state index >= 15 is 0 Å². The summed E-state index contributed by atoms with van der Waals surface area (Å²) in [6, 6.07) is 0. The highest BCUT2D eigenvalue weighted by Gasteiger charge is 2.28. The molecule has 1 aromatic rings. The van der Waals surface area contributed by atoms with Gasteiger partial charge in [0.25, 0.3) is 0 Å². The van der Waals surface area contributed by atoms with Crippen LogP contribution < -0.4 is 5.32 Å². The molecule has 6 heteroatoms. The first kappa shape index (κ1) is 15.1. The van der Waals surface area contributed by atoms with E-state index in [1.807, 2.05) is 6.92 Å². The Morgan fingerprint density at radius 1 is 1.45 bits per heavy atom. The fraction of sp³-hybridized carbons (Fsp3) is 0.643. The average Bonchev–Trinajstić information content (AvgIpc) is 3.27. The van der Waals surface area contributed by atoms with Crippen LogP contribution in [-0.2, 0) is 9.53 Å². The van der Waals surface area contributed by atoms with E-state index in [-0.39, 0.29) is 5.97 Å². The summed E-state index contributed by atoms with van der Waals surface area (Å²) in [5.74, 6) is 2.88. The second kappa shape index (κ2) is 6.92. The van der Waals surface area contributed by atoms with Crippen LogP contribution in [0.3, 0.4) is 0 Å². The minimum absolute atomic E-state index is 0.182. The van der Waals surface area contributed by atoms with E-state index < -0.39 is 0 Å². The molecule has 20 heavy (non-hydrogen) atoms. The molecule has 1 N–H and O–H groups in total. The smallest absolute Gasteiger partial charge is 0.306 e. The molecule has 0 saturated heterocycles. The number of carbonyl (C=O) groups excluding carboxylic acids is 1. The first-order chi connectivity index (χ1) is 9.65. The number of methoxy groups -OCH3 is 1. The number of ether oxygens (including phenoxy) is 1. The molecular formula is C14H21N3O2S. The highest BCUT2D eigenvalue weighted by Crippen LogP contribution is 2.40. The first-order valence-electron chi connectivity index (χ1n) is 6.97. The van der Waals surface area contributed by atoms with Crippen LogP contribution in [0.15, 0.2) is 5.03 Å². The Hall–Kier alpha value is -1.30. The van der Waals surface area contributed by atoms with E-state index in [4.69, 9.17) is 0 Å². The molecule has 0 amide bonds. The monoisotopic (exact) mass is 295 g/mol. The number of hydrogen-bond donors (Lipinski definition) is 1. The highest BCUT2D eigenvalue weighted by atomic mass is 32.2. The topological polar surface area (TPSA) is 64.1 Å². The summed E-state index contributed by atoms with van der Waals surface area (Å²) >= 11 is 1.60. The number of nitrogens with zero attached hydrogens (tertiary/aromatic N) is 2. The number of rotatable bonds is 7. The fourth-order valence-corrected chi connectivity index (χ4v) is 2.78. The van der Waals surface area contributed by atoms with Crippen LogP contribution in [0, 0.1) is 6.92 Å². The molecule has 0 atom stereocenters. The number of esters is 1. The van der Waals surface area contributed by atoms with Gasteiger partial charge in [-0.05, 0) is 26.7 Å². The molecule has 0 radical (unpaired) electrons. The number of anilines is 1. The third-order valence-electron chi connectivity index (χ3n) is 3.18. The van der Waals surface area contributed by atoms with Gasteiger partial charge < -0.3 is 10.1 Å². The Labute approximate surface area is 123 Å². The zero-order valence-electron chi connectivity index (χ0n) is 12.2. The summed E-state index contributed by atoms with van der Waals surface area (Å²) < 4.78 is 4.66. The molecule has 1 fully saturated rings. The largest absolute Gasteiger partial charge is 0.469 e. The van der Waals surface area contributed by atoms with Gasteiger partial charge in [-0.2, -0.15) is 0 Å². The Morgan fingerprint density at radius 2 is 2.20 bits per heavy atom. The summed E-state index contributed by atoms with van der Waals surface area (Å²) in [6.45, 7) is 4.92. The van der Waals surface area contributed by atoms with E-state index in [1.165, 1.54) is 20.0 Å². The lowest BCUT2D eigenvalue weighted by molar-refractivity contribution is -0.140. The lowest BCUT2D eigenvalue weighted by Crippen LogP contribution is -2.08. The Balaban J connectivity index is 2.10. The van der Waals surface area contributed by atoms with Crippen molar-refractivity contribution in [3.05, 3.63) is 11.4 Å². The maximum Gasteiger partial charge on any atom is 0.306 e. The van der Waals surface area contributed by atoms with Gasteiger partial charge in [-0.3, -0.25) is 4.79 Å². The summed E-state index contributed by atoms with van der Waals surface area (Å²) in [5.41, 5.74) is 1.06. The molecule has 0 aliphatic heterocycles. The predicted molar refractivity (Wildman–Crippen MR) is 80.3 cm³/mol. The van der Waals surface area contributed by atoms with Crippen LogP contribution in [-0.4, -0.2) is 35.3 Å². The molecule has 110 valence electrons. The second-order valence-corrected chi connectivity index (χ2v) is 5.92. The van der Waals surface area contributed by atoms with Crippen LogP contribution in [0.1, 0.15) is 43.5 Å². The summed E-state index contributed by atoms with van der Waals surface area (Å²) in [4.78, 5) is 20.4. The number of carbonyl (C=O) groups is 1. The normalized spacial score (nSPS) is 14.2. The zero-order chi connectivity index (χ0) is 14.5. The predicted octanol–water partition coefficient (Wildman–Crippen LogP) is 2.75. The quantitative estimate of drug-likeness (QED) is 0.474. The van der Waals surface area contributed by atoms with Crippen molar-refractivity contribution >= 4 is 23.5 Å². The van der Waals surface area contributed by atoms with E-state index in [2.05, 4.69) is 26.9 Å². The van der Waals surface area contributed by atoms with Crippen molar-refractivity contribution in [2.24, 2.45) is 0 Å². The van der Waals surface area contributed by atoms with Gasteiger partial charge in [-0.25, -0.2) is 9.97 Å². The van der Waals surface area contributed by atoms with E-state index in [0.717, 1.165) is 28.8 Å². The van der Waals surface area contributed by atoms with E-state index in [0.29, 0.717) is 18.1 Å². The van der Waals surface area contributed by atoms with Gasteiger partial charge in [-0.15, -0.1) is 11.8 Å². The minimum atomic E-state index is -0.182. The zero-order valence-corrected chi connectivity index (χ0v) is 13.0. The van der Waals surface area contributed by atoms with Gasteiger partial charge in [0.15, 0.2) is 0 Å². The fourth-order valence-electron chi connectivity index (χ4n) is 1.85. The van der Waals surface area contributed by atoms with E-state index in [9.17, 15) is 4.79 Å². The van der Waals surface area contributed by atoms with Gasteiger partial charge in [0.1, 0.15) is 16.7 Å². The molecule has 0 aromatic carbocycles. The summed E-state index contributed by atoms with van der Waals surface area (Å²) in [6.07, 6.45) is 2.77. The maximum absolute atomic E-state index is 11.2. The molecule has 1 aliphatic rings. The van der Waals surface area contributed by atoms with Crippen molar-refractivity contribution in [2.75, 3.05) is 24.7 Å². The molecule has 1 saturated carbocycles. The van der Waals surface area contributed by atoms with Gasteiger partial charge in [0.2, 0.25) is 0 Å². The van der Waals surface area contributed by atoms with Crippen LogP contribution in [0.2, 0.25) is 0 Å². The van der Waals surface area contributed by atoms with Gasteiger partial charge in [0.05, 0.1) is 13.5 Å². The molecule has 2 rings (SSSR count). The van der Waals surface area contributed by atoms with Crippen molar-refractivity contribution in [2.45, 2.75) is 44.1 Å². The van der Waals surface area contributed by atoms with Crippen molar-refractivity contribution in [3.63, 3.8) is 0 Å². The van der Waals surface area contributed by atoms with Crippen molar-refractivity contribution < 1.29 is 9.53 Å². The van der Waals surface area contributed by atoms with E-state index in [1.54, 1.807) is 11.8 Å². The van der Waals surface area contributed by atoms with Crippen LogP contribution in [0.25, 0.3) is 0 Å². The molecule has 1 aliphatic carbocycles. The van der Waals surface area contributed by atoms with Gasteiger partial charge >= 0.3 is 5.97 Å². The number of aromatic nitrogens is 2. The third-order valence-corrected chi connectivity index (χ3v) is 4.26. The molecule has 1 heterocycles. The number of nitrogens with one attached hydrogen (secondary N) is 1. The minimum Gasteiger partial charge on any atom is -0.469 e. The number of thioether (sulfide) groups is 1. The van der Waals surface area contributed by atoms with Gasteiger partial charge in [0, 0.05) is 23.8 Å². The molecule has 5 nitrogen and oxygen atoms in total. The molecule has 0 bridgehead atoms.